The third-order valence-electron chi connectivity index (χ3n) is 5.46. The van der Waals surface area contributed by atoms with E-state index in [1.165, 1.54) is 27.1 Å². The van der Waals surface area contributed by atoms with Crippen LogP contribution in [-0.2, 0) is 11.2 Å². The predicted octanol–water partition coefficient (Wildman–Crippen LogP) is 4.67. The Hall–Kier alpha value is -2.49. The molecule has 0 bridgehead atoms. The third-order valence-corrected chi connectivity index (χ3v) is 8.28. The Morgan fingerprint density at radius 3 is 2.94 bits per heavy atom. The molecular formula is C22H21N5OS3. The van der Waals surface area contributed by atoms with Gasteiger partial charge in [0.05, 0.1) is 17.5 Å². The summed E-state index contributed by atoms with van der Waals surface area (Å²) in [6.07, 6.45) is 0.908. The molecular weight excluding hydrogens is 446 g/mol. The standard InChI is InChI=1S/C22H21N5OS3/c1-14-5-6-15(2)17(12-14)27-22(23-24-25-27)31-13-20(28)26-9-7-18-16(8-11-30-18)21(26)19-4-3-10-29-19/h3-6,8,10-12,21H,7,9,13H2,1-2H3. The van der Waals surface area contributed by atoms with Gasteiger partial charge in [-0.1, -0.05) is 30.0 Å². The Labute approximate surface area is 192 Å². The van der Waals surface area contributed by atoms with E-state index in [0.29, 0.717) is 10.9 Å². The molecule has 0 spiro atoms. The van der Waals surface area contributed by atoms with Crippen molar-refractivity contribution in [2.75, 3.05) is 12.3 Å². The van der Waals surface area contributed by atoms with E-state index in [1.54, 1.807) is 27.4 Å². The lowest BCUT2D eigenvalue weighted by Gasteiger charge is -2.35. The molecule has 3 aromatic heterocycles. The smallest absolute Gasteiger partial charge is 0.233 e. The van der Waals surface area contributed by atoms with Crippen molar-refractivity contribution in [3.05, 3.63) is 73.6 Å². The number of benzene rings is 1. The van der Waals surface area contributed by atoms with Crippen LogP contribution in [0.1, 0.15) is 32.5 Å². The number of amides is 1. The zero-order chi connectivity index (χ0) is 21.4. The first kappa shape index (κ1) is 20.4. The molecule has 1 amide bonds. The minimum absolute atomic E-state index is 0.00175. The quantitative estimate of drug-likeness (QED) is 0.399. The van der Waals surface area contributed by atoms with E-state index in [2.05, 4.69) is 62.7 Å². The predicted molar refractivity (Wildman–Crippen MR) is 125 cm³/mol. The molecule has 0 saturated heterocycles. The molecule has 4 aromatic rings. The van der Waals surface area contributed by atoms with Gasteiger partial charge in [0.25, 0.3) is 0 Å². The summed E-state index contributed by atoms with van der Waals surface area (Å²) in [5.41, 5.74) is 4.43. The first-order valence-electron chi connectivity index (χ1n) is 10.00. The van der Waals surface area contributed by atoms with E-state index in [1.807, 2.05) is 18.7 Å². The summed E-state index contributed by atoms with van der Waals surface area (Å²) in [5, 5.41) is 17.0. The minimum Gasteiger partial charge on any atom is -0.330 e. The second-order valence-corrected chi connectivity index (χ2v) is 10.4. The summed E-state index contributed by atoms with van der Waals surface area (Å²) in [6, 6.07) is 12.5. The van der Waals surface area contributed by atoms with E-state index < -0.39 is 0 Å². The SMILES string of the molecule is Cc1ccc(C)c(-n2nnnc2SCC(=O)N2CCc3sccc3C2c2cccs2)c1. The molecule has 1 aliphatic heterocycles. The lowest BCUT2D eigenvalue weighted by Crippen LogP contribution is -2.40. The van der Waals surface area contributed by atoms with Crippen molar-refractivity contribution in [2.24, 2.45) is 0 Å². The number of aryl methyl sites for hydroxylation is 2. The van der Waals surface area contributed by atoms with Gasteiger partial charge in [-0.3, -0.25) is 4.79 Å². The number of rotatable bonds is 5. The Balaban J connectivity index is 1.37. The van der Waals surface area contributed by atoms with Crippen molar-refractivity contribution in [3.63, 3.8) is 0 Å². The number of carbonyl (C=O) groups excluding carboxylic acids is 1. The van der Waals surface area contributed by atoms with Crippen molar-refractivity contribution < 1.29 is 4.79 Å². The lowest BCUT2D eigenvalue weighted by molar-refractivity contribution is -0.130. The van der Waals surface area contributed by atoms with Crippen molar-refractivity contribution in [1.29, 1.82) is 0 Å². The normalized spacial score (nSPS) is 15.8. The highest BCUT2D eigenvalue weighted by atomic mass is 32.2. The molecule has 1 atom stereocenters. The minimum atomic E-state index is -0.00175. The van der Waals surface area contributed by atoms with Crippen LogP contribution in [0.25, 0.3) is 5.69 Å². The molecule has 0 fully saturated rings. The highest BCUT2D eigenvalue weighted by molar-refractivity contribution is 7.99. The monoisotopic (exact) mass is 467 g/mol. The van der Waals surface area contributed by atoms with Gasteiger partial charge in [-0.2, -0.15) is 4.68 Å². The van der Waals surface area contributed by atoms with Crippen molar-refractivity contribution in [3.8, 4) is 5.69 Å². The first-order chi connectivity index (χ1) is 15.1. The average Bonchev–Trinajstić information content (AvgIpc) is 3.53. The number of aromatic nitrogens is 4. The second-order valence-electron chi connectivity index (χ2n) is 7.51. The van der Waals surface area contributed by atoms with Crippen LogP contribution in [0, 0.1) is 13.8 Å². The second kappa shape index (κ2) is 8.57. The van der Waals surface area contributed by atoms with E-state index in [4.69, 9.17) is 0 Å². The fourth-order valence-corrected chi connectivity index (χ4v) is 6.44. The molecule has 6 nitrogen and oxygen atoms in total. The van der Waals surface area contributed by atoms with Crippen LogP contribution >= 0.6 is 34.4 Å². The molecule has 31 heavy (non-hydrogen) atoms. The van der Waals surface area contributed by atoms with Crippen LogP contribution in [0.2, 0.25) is 0 Å². The zero-order valence-corrected chi connectivity index (χ0v) is 19.6. The van der Waals surface area contributed by atoms with Crippen molar-refractivity contribution >= 4 is 40.3 Å². The number of nitrogens with zero attached hydrogens (tertiary/aromatic N) is 5. The molecule has 4 heterocycles. The molecule has 0 radical (unpaired) electrons. The summed E-state index contributed by atoms with van der Waals surface area (Å²) in [5.74, 6) is 0.405. The molecule has 1 aliphatic rings. The van der Waals surface area contributed by atoms with Gasteiger partial charge in [-0.15, -0.1) is 27.8 Å². The van der Waals surface area contributed by atoms with Crippen LogP contribution in [-0.4, -0.2) is 43.3 Å². The van der Waals surface area contributed by atoms with Crippen LogP contribution in [0.15, 0.2) is 52.3 Å². The number of fused-ring (bicyclic) bond motifs is 1. The van der Waals surface area contributed by atoms with Crippen molar-refractivity contribution in [2.45, 2.75) is 31.5 Å². The summed E-state index contributed by atoms with van der Waals surface area (Å²) in [6.45, 7) is 4.81. The number of hydrogen-bond donors (Lipinski definition) is 0. The number of carbonyl (C=O) groups is 1. The van der Waals surface area contributed by atoms with Crippen molar-refractivity contribution in [1.82, 2.24) is 25.1 Å². The van der Waals surface area contributed by atoms with Gasteiger partial charge >= 0.3 is 0 Å². The maximum atomic E-state index is 13.3. The third kappa shape index (κ3) is 3.93. The summed E-state index contributed by atoms with van der Waals surface area (Å²) < 4.78 is 1.73. The molecule has 9 heteroatoms. The molecule has 5 rings (SSSR count). The van der Waals surface area contributed by atoms with Crippen LogP contribution in [0.4, 0.5) is 0 Å². The Morgan fingerprint density at radius 1 is 1.19 bits per heavy atom. The van der Waals surface area contributed by atoms with Gasteiger partial charge < -0.3 is 4.90 Å². The van der Waals surface area contributed by atoms with E-state index >= 15 is 0 Å². The fraction of sp³-hybridized carbons (Fsp3) is 0.273. The molecule has 0 aliphatic carbocycles. The maximum absolute atomic E-state index is 13.3. The molecule has 0 N–H and O–H groups in total. The van der Waals surface area contributed by atoms with Gasteiger partial charge in [-0.05, 0) is 76.3 Å². The number of tetrazole rings is 1. The van der Waals surface area contributed by atoms with Gasteiger partial charge in [-0.25, -0.2) is 0 Å². The van der Waals surface area contributed by atoms with Gasteiger partial charge in [0.1, 0.15) is 0 Å². The highest BCUT2D eigenvalue weighted by Crippen LogP contribution is 2.39. The Kier molecular flexibility index (Phi) is 5.64. The molecule has 0 saturated carbocycles. The first-order valence-corrected chi connectivity index (χ1v) is 12.7. The number of thiophene rings is 2. The molecule has 158 valence electrons. The van der Waals surface area contributed by atoms with Crippen LogP contribution in [0.5, 0.6) is 0 Å². The molecule has 1 aromatic carbocycles. The summed E-state index contributed by atoms with van der Waals surface area (Å²) in [4.78, 5) is 17.9. The van der Waals surface area contributed by atoms with Crippen LogP contribution in [0.3, 0.4) is 0 Å². The van der Waals surface area contributed by atoms with Gasteiger partial charge in [0.15, 0.2) is 0 Å². The Morgan fingerprint density at radius 2 is 2.10 bits per heavy atom. The van der Waals surface area contributed by atoms with Gasteiger partial charge in [0.2, 0.25) is 11.1 Å². The summed E-state index contributed by atoms with van der Waals surface area (Å²) >= 11 is 4.88. The zero-order valence-electron chi connectivity index (χ0n) is 17.2. The van der Waals surface area contributed by atoms with Crippen LogP contribution < -0.4 is 0 Å². The number of thioether (sulfide) groups is 1. The molecule has 1 unspecified atom stereocenters. The number of hydrogen-bond acceptors (Lipinski definition) is 7. The fourth-order valence-electron chi connectivity index (χ4n) is 3.92. The van der Waals surface area contributed by atoms with E-state index in [-0.39, 0.29) is 11.9 Å². The van der Waals surface area contributed by atoms with Gasteiger partial charge in [0, 0.05) is 16.3 Å². The summed E-state index contributed by atoms with van der Waals surface area (Å²) in [7, 11) is 0. The van der Waals surface area contributed by atoms with E-state index in [9.17, 15) is 4.79 Å². The topological polar surface area (TPSA) is 63.9 Å². The largest absolute Gasteiger partial charge is 0.330 e. The Bertz CT molecular complexity index is 1210. The highest BCUT2D eigenvalue weighted by Gasteiger charge is 2.33. The van der Waals surface area contributed by atoms with E-state index in [0.717, 1.165) is 29.8 Å². The average molecular weight is 468 g/mol. The lowest BCUT2D eigenvalue weighted by atomic mass is 9.98. The maximum Gasteiger partial charge on any atom is 0.233 e.